The number of amides is 2. The summed E-state index contributed by atoms with van der Waals surface area (Å²) < 4.78 is 47.7. The Morgan fingerprint density at radius 2 is 1.55 bits per heavy atom. The number of hydrogen-bond acceptors (Lipinski definition) is 3. The molecule has 0 unspecified atom stereocenters. The molecule has 0 aliphatic carbocycles. The summed E-state index contributed by atoms with van der Waals surface area (Å²) in [5.74, 6) is 0.758. The first-order valence-corrected chi connectivity index (χ1v) is 9.81. The SMILES string of the molecule is Cn1c(=O)n(C)c2cc(Oc3ccccc3)c(NC(=O)Nc3cccc(C(F)(F)F)c3)cc21. The van der Waals surface area contributed by atoms with E-state index in [4.69, 9.17) is 4.74 Å². The number of ether oxygens (including phenoxy) is 1. The van der Waals surface area contributed by atoms with E-state index in [2.05, 4.69) is 10.6 Å². The van der Waals surface area contributed by atoms with Gasteiger partial charge in [0.2, 0.25) is 0 Å². The van der Waals surface area contributed by atoms with Crippen molar-refractivity contribution in [2.45, 2.75) is 6.18 Å². The minimum atomic E-state index is -4.53. The molecule has 0 saturated carbocycles. The van der Waals surface area contributed by atoms with Crippen LogP contribution >= 0.6 is 0 Å². The van der Waals surface area contributed by atoms with Crippen LogP contribution < -0.4 is 21.1 Å². The Morgan fingerprint density at radius 3 is 2.21 bits per heavy atom. The highest BCUT2D eigenvalue weighted by Crippen LogP contribution is 2.34. The maximum absolute atomic E-state index is 13.0. The molecule has 0 aliphatic rings. The van der Waals surface area contributed by atoms with E-state index in [1.54, 1.807) is 50.5 Å². The molecule has 0 spiro atoms. The van der Waals surface area contributed by atoms with Crippen LogP contribution in [0.1, 0.15) is 5.56 Å². The number of urea groups is 1. The third kappa shape index (κ3) is 4.54. The zero-order chi connectivity index (χ0) is 23.8. The van der Waals surface area contributed by atoms with Crippen LogP contribution in [0.25, 0.3) is 11.0 Å². The smallest absolute Gasteiger partial charge is 0.416 e. The molecule has 0 saturated heterocycles. The molecule has 33 heavy (non-hydrogen) atoms. The van der Waals surface area contributed by atoms with Crippen molar-refractivity contribution in [1.29, 1.82) is 0 Å². The van der Waals surface area contributed by atoms with Crippen LogP contribution in [0.4, 0.5) is 29.3 Å². The predicted molar refractivity (Wildman–Crippen MR) is 119 cm³/mol. The van der Waals surface area contributed by atoms with Gasteiger partial charge in [-0.15, -0.1) is 0 Å². The van der Waals surface area contributed by atoms with Gasteiger partial charge >= 0.3 is 17.9 Å². The van der Waals surface area contributed by atoms with Gasteiger partial charge in [-0.3, -0.25) is 9.13 Å². The number of hydrogen-bond donors (Lipinski definition) is 2. The number of anilines is 2. The van der Waals surface area contributed by atoms with Gasteiger partial charge in [0.05, 0.1) is 22.3 Å². The lowest BCUT2D eigenvalue weighted by atomic mass is 10.2. The van der Waals surface area contributed by atoms with Crippen molar-refractivity contribution in [3.05, 3.63) is 82.8 Å². The molecule has 4 rings (SSSR count). The van der Waals surface area contributed by atoms with Gasteiger partial charge < -0.3 is 15.4 Å². The molecular weight excluding hydrogens is 437 g/mol. The maximum Gasteiger partial charge on any atom is 0.416 e. The number of aryl methyl sites for hydroxylation is 2. The Bertz CT molecular complexity index is 1390. The number of nitrogens with one attached hydrogen (secondary N) is 2. The number of fused-ring (bicyclic) bond motifs is 1. The van der Waals surface area contributed by atoms with Crippen molar-refractivity contribution in [1.82, 2.24) is 9.13 Å². The zero-order valence-electron chi connectivity index (χ0n) is 17.6. The van der Waals surface area contributed by atoms with Gasteiger partial charge in [0.15, 0.2) is 5.75 Å². The molecule has 1 aromatic heterocycles. The normalized spacial score (nSPS) is 11.4. The number of alkyl halides is 3. The molecule has 3 aromatic carbocycles. The van der Waals surface area contributed by atoms with E-state index in [9.17, 15) is 22.8 Å². The molecule has 0 bridgehead atoms. The van der Waals surface area contributed by atoms with Crippen molar-refractivity contribution in [2.75, 3.05) is 10.6 Å². The molecule has 7 nitrogen and oxygen atoms in total. The van der Waals surface area contributed by atoms with Crippen LogP contribution in [0, 0.1) is 0 Å². The Kier molecular flexibility index (Phi) is 5.59. The highest BCUT2D eigenvalue weighted by atomic mass is 19.4. The highest BCUT2D eigenvalue weighted by molar-refractivity contribution is 6.02. The van der Waals surface area contributed by atoms with Gasteiger partial charge in [-0.25, -0.2) is 9.59 Å². The average Bonchev–Trinajstić information content (AvgIpc) is 2.98. The third-order valence-corrected chi connectivity index (χ3v) is 5.04. The molecule has 170 valence electrons. The summed E-state index contributed by atoms with van der Waals surface area (Å²) in [5, 5.41) is 5.00. The quantitative estimate of drug-likeness (QED) is 0.436. The van der Waals surface area contributed by atoms with Crippen molar-refractivity contribution in [3.8, 4) is 11.5 Å². The summed E-state index contributed by atoms with van der Waals surface area (Å²) in [7, 11) is 3.21. The van der Waals surface area contributed by atoms with Gasteiger partial charge in [0.1, 0.15) is 5.75 Å². The third-order valence-electron chi connectivity index (χ3n) is 5.04. The summed E-state index contributed by atoms with van der Waals surface area (Å²) in [6.45, 7) is 0. The van der Waals surface area contributed by atoms with Crippen molar-refractivity contribution < 1.29 is 22.7 Å². The van der Waals surface area contributed by atoms with Crippen LogP contribution in [0.3, 0.4) is 0 Å². The van der Waals surface area contributed by atoms with Crippen molar-refractivity contribution >= 4 is 28.4 Å². The van der Waals surface area contributed by atoms with Crippen LogP contribution in [-0.4, -0.2) is 15.2 Å². The lowest BCUT2D eigenvalue weighted by Gasteiger charge is -2.15. The number of carbonyl (C=O) groups is 1. The summed E-state index contributed by atoms with van der Waals surface area (Å²) in [5.41, 5.74) is 0.183. The molecule has 2 N–H and O–H groups in total. The summed E-state index contributed by atoms with van der Waals surface area (Å²) >= 11 is 0. The fourth-order valence-corrected chi connectivity index (χ4v) is 3.38. The molecule has 0 aliphatic heterocycles. The van der Waals surface area contributed by atoms with Gasteiger partial charge in [-0.1, -0.05) is 24.3 Å². The second-order valence-electron chi connectivity index (χ2n) is 7.31. The number of para-hydroxylation sites is 1. The van der Waals surface area contributed by atoms with E-state index in [1.165, 1.54) is 21.3 Å². The average molecular weight is 456 g/mol. The van der Waals surface area contributed by atoms with Gasteiger partial charge in [0, 0.05) is 25.8 Å². The molecule has 2 amide bonds. The number of benzene rings is 3. The number of aromatic nitrogens is 2. The zero-order valence-corrected chi connectivity index (χ0v) is 17.6. The van der Waals surface area contributed by atoms with Crippen LogP contribution in [0.15, 0.2) is 71.5 Å². The van der Waals surface area contributed by atoms with E-state index in [-0.39, 0.29) is 22.8 Å². The Hall–Kier alpha value is -4.21. The van der Waals surface area contributed by atoms with Crippen molar-refractivity contribution in [2.24, 2.45) is 14.1 Å². The van der Waals surface area contributed by atoms with Gasteiger partial charge in [0.25, 0.3) is 0 Å². The second-order valence-corrected chi connectivity index (χ2v) is 7.31. The number of imidazole rings is 1. The van der Waals surface area contributed by atoms with E-state index in [0.29, 0.717) is 16.8 Å². The number of carbonyl (C=O) groups excluding carboxylic acids is 1. The summed E-state index contributed by atoms with van der Waals surface area (Å²) in [6, 6.07) is 15.5. The van der Waals surface area contributed by atoms with Gasteiger partial charge in [-0.2, -0.15) is 13.2 Å². The predicted octanol–water partition coefficient (Wildman–Crippen LogP) is 5.33. The van der Waals surface area contributed by atoms with Crippen LogP contribution in [0.5, 0.6) is 11.5 Å². The fourth-order valence-electron chi connectivity index (χ4n) is 3.38. The minimum Gasteiger partial charge on any atom is -0.455 e. The highest BCUT2D eigenvalue weighted by Gasteiger charge is 2.30. The summed E-state index contributed by atoms with van der Waals surface area (Å²) in [4.78, 5) is 24.9. The molecule has 0 radical (unpaired) electrons. The molecule has 0 fully saturated rings. The largest absolute Gasteiger partial charge is 0.455 e. The summed E-state index contributed by atoms with van der Waals surface area (Å²) in [6.07, 6.45) is -4.53. The number of nitrogens with zero attached hydrogens (tertiary/aromatic N) is 2. The first-order chi connectivity index (χ1) is 15.6. The first kappa shape index (κ1) is 22.0. The molecular formula is C23H19F3N4O3. The Morgan fingerprint density at radius 1 is 0.879 bits per heavy atom. The fraction of sp³-hybridized carbons (Fsp3) is 0.130. The molecule has 4 aromatic rings. The monoisotopic (exact) mass is 456 g/mol. The van der Waals surface area contributed by atoms with E-state index < -0.39 is 17.8 Å². The lowest BCUT2D eigenvalue weighted by molar-refractivity contribution is -0.137. The topological polar surface area (TPSA) is 77.3 Å². The van der Waals surface area contributed by atoms with Crippen molar-refractivity contribution in [3.63, 3.8) is 0 Å². The maximum atomic E-state index is 13.0. The molecule has 0 atom stereocenters. The van der Waals surface area contributed by atoms with Crippen LogP contribution in [0.2, 0.25) is 0 Å². The first-order valence-electron chi connectivity index (χ1n) is 9.81. The van der Waals surface area contributed by atoms with E-state index >= 15 is 0 Å². The number of rotatable bonds is 4. The molecule has 1 heterocycles. The Balaban J connectivity index is 1.68. The van der Waals surface area contributed by atoms with E-state index in [0.717, 1.165) is 12.1 Å². The number of halogens is 3. The van der Waals surface area contributed by atoms with Gasteiger partial charge in [-0.05, 0) is 36.4 Å². The standard InChI is InChI=1S/C23H19F3N4O3/c1-29-18-12-17(28-21(31)27-15-8-6-7-14(11-15)23(24,25)26)20(13-19(18)30(2)22(29)32)33-16-9-4-3-5-10-16/h3-13H,1-2H3,(H2,27,28,31). The van der Waals surface area contributed by atoms with E-state index in [1.807, 2.05) is 6.07 Å². The van der Waals surface area contributed by atoms with Crippen LogP contribution in [-0.2, 0) is 20.3 Å². The molecule has 10 heteroatoms. The second kappa shape index (κ2) is 8.38. The minimum absolute atomic E-state index is 0.0268. The lowest BCUT2D eigenvalue weighted by Crippen LogP contribution is -2.20. The Labute approximate surface area is 186 Å².